The molecule has 1 amide bonds. The molecule has 0 aliphatic rings. The summed E-state index contributed by atoms with van der Waals surface area (Å²) in [4.78, 5) is 44.6. The molecule has 2 rings (SSSR count). The highest BCUT2D eigenvalue weighted by Gasteiger charge is 2.36. The number of ether oxygens (including phenoxy) is 1. The van der Waals surface area contributed by atoms with Gasteiger partial charge in [0, 0.05) is 18.2 Å². The average molecular weight is 441 g/mol. The Morgan fingerprint density at radius 3 is 2.29 bits per heavy atom. The molecule has 0 saturated carbocycles. The number of benzene rings is 2. The molecule has 164 valence electrons. The van der Waals surface area contributed by atoms with Gasteiger partial charge >= 0.3 is 12.1 Å². The molecular formula is C18H14F3N3O7. The van der Waals surface area contributed by atoms with Crippen molar-refractivity contribution in [2.75, 3.05) is 5.32 Å². The molecule has 10 nitrogen and oxygen atoms in total. The lowest BCUT2D eigenvalue weighted by atomic mass is 10.1. The number of anilines is 1. The molecule has 1 unspecified atom stereocenters. The summed E-state index contributed by atoms with van der Waals surface area (Å²) in [5.74, 6) is -2.39. The summed E-state index contributed by atoms with van der Waals surface area (Å²) in [6, 6.07) is 5.51. The third kappa shape index (κ3) is 5.32. The van der Waals surface area contributed by atoms with Gasteiger partial charge in [0.15, 0.2) is 6.10 Å². The van der Waals surface area contributed by atoms with Gasteiger partial charge in [-0.1, -0.05) is 12.1 Å². The first-order chi connectivity index (χ1) is 14.3. The zero-order valence-corrected chi connectivity index (χ0v) is 15.9. The standard InChI is InChI=1S/C18H14F3N3O7/c1-9-4-3-5-14(24(29)30)15(9)17(26)31-10(2)16(25)22-13-7-6-11(23(27)28)8-12(13)18(19,20)21/h3-8,10H,1-2H3,(H,22,25). The van der Waals surface area contributed by atoms with Crippen molar-refractivity contribution < 1.29 is 37.3 Å². The Morgan fingerprint density at radius 1 is 1.10 bits per heavy atom. The summed E-state index contributed by atoms with van der Waals surface area (Å²) in [5, 5.41) is 23.7. The number of nitrogens with zero attached hydrogens (tertiary/aromatic N) is 2. The minimum atomic E-state index is -5.02. The van der Waals surface area contributed by atoms with Crippen LogP contribution >= 0.6 is 0 Å². The van der Waals surface area contributed by atoms with E-state index in [4.69, 9.17) is 4.74 Å². The minimum absolute atomic E-state index is 0.196. The number of carbonyl (C=O) groups excluding carboxylic acids is 2. The number of alkyl halides is 3. The van der Waals surface area contributed by atoms with Gasteiger partial charge in [-0.2, -0.15) is 13.2 Å². The Hall–Kier alpha value is -4.03. The number of hydrogen-bond acceptors (Lipinski definition) is 7. The maximum Gasteiger partial charge on any atom is 0.418 e. The monoisotopic (exact) mass is 441 g/mol. The van der Waals surface area contributed by atoms with Crippen LogP contribution in [0.25, 0.3) is 0 Å². The molecule has 31 heavy (non-hydrogen) atoms. The van der Waals surface area contributed by atoms with Crippen molar-refractivity contribution in [3.05, 3.63) is 73.3 Å². The van der Waals surface area contributed by atoms with Crippen LogP contribution in [0, 0.1) is 27.2 Å². The van der Waals surface area contributed by atoms with Crippen molar-refractivity contribution in [3.8, 4) is 0 Å². The maximum atomic E-state index is 13.2. The van der Waals surface area contributed by atoms with Crippen LogP contribution in [-0.4, -0.2) is 27.8 Å². The lowest BCUT2D eigenvalue weighted by Crippen LogP contribution is -2.31. The van der Waals surface area contributed by atoms with Gasteiger partial charge in [0.05, 0.1) is 21.1 Å². The number of esters is 1. The van der Waals surface area contributed by atoms with E-state index in [1.807, 2.05) is 5.32 Å². The van der Waals surface area contributed by atoms with Crippen LogP contribution in [0.1, 0.15) is 28.4 Å². The van der Waals surface area contributed by atoms with E-state index >= 15 is 0 Å². The third-order valence-corrected chi connectivity index (χ3v) is 4.08. The SMILES string of the molecule is Cc1cccc([N+](=O)[O-])c1C(=O)OC(C)C(=O)Nc1ccc([N+](=O)[O-])cc1C(F)(F)F. The highest BCUT2D eigenvalue weighted by Crippen LogP contribution is 2.37. The van der Waals surface area contributed by atoms with E-state index < -0.39 is 62.2 Å². The van der Waals surface area contributed by atoms with Gasteiger partial charge in [-0.05, 0) is 25.5 Å². The van der Waals surface area contributed by atoms with Crippen LogP contribution in [-0.2, 0) is 15.7 Å². The number of aryl methyl sites for hydroxylation is 1. The van der Waals surface area contributed by atoms with Gasteiger partial charge in [0.2, 0.25) is 0 Å². The number of nitro benzene ring substituents is 2. The molecule has 0 aromatic heterocycles. The molecule has 0 radical (unpaired) electrons. The van der Waals surface area contributed by atoms with E-state index in [0.29, 0.717) is 6.07 Å². The van der Waals surface area contributed by atoms with Crippen LogP contribution in [0.2, 0.25) is 0 Å². The molecule has 1 atom stereocenters. The number of hydrogen-bond donors (Lipinski definition) is 1. The summed E-state index contributed by atoms with van der Waals surface area (Å²) >= 11 is 0. The molecule has 13 heteroatoms. The number of rotatable bonds is 6. The molecule has 2 aromatic carbocycles. The van der Waals surface area contributed by atoms with Crippen molar-refractivity contribution in [1.29, 1.82) is 0 Å². The van der Waals surface area contributed by atoms with Crippen LogP contribution in [0.4, 0.5) is 30.2 Å². The molecule has 0 aliphatic carbocycles. The highest BCUT2D eigenvalue weighted by atomic mass is 19.4. The molecule has 0 saturated heterocycles. The minimum Gasteiger partial charge on any atom is -0.449 e. The summed E-state index contributed by atoms with van der Waals surface area (Å²) < 4.78 is 44.5. The van der Waals surface area contributed by atoms with Gasteiger partial charge in [-0.3, -0.25) is 25.0 Å². The maximum absolute atomic E-state index is 13.2. The molecular weight excluding hydrogens is 427 g/mol. The molecule has 0 spiro atoms. The van der Waals surface area contributed by atoms with E-state index in [9.17, 15) is 43.0 Å². The molecule has 0 heterocycles. The number of carbonyl (C=O) groups is 2. The van der Waals surface area contributed by atoms with Crippen molar-refractivity contribution in [2.24, 2.45) is 0 Å². The van der Waals surface area contributed by atoms with E-state index in [1.54, 1.807) is 0 Å². The number of amides is 1. The Morgan fingerprint density at radius 2 is 1.74 bits per heavy atom. The van der Waals surface area contributed by atoms with Crippen molar-refractivity contribution in [1.82, 2.24) is 0 Å². The first-order valence-corrected chi connectivity index (χ1v) is 8.44. The Kier molecular flexibility index (Phi) is 6.58. The van der Waals surface area contributed by atoms with Crippen LogP contribution in [0.5, 0.6) is 0 Å². The van der Waals surface area contributed by atoms with Crippen LogP contribution in [0.3, 0.4) is 0 Å². The van der Waals surface area contributed by atoms with E-state index in [-0.39, 0.29) is 11.6 Å². The Balaban J connectivity index is 2.25. The number of nitro groups is 2. The average Bonchev–Trinajstić information content (AvgIpc) is 2.66. The largest absolute Gasteiger partial charge is 0.449 e. The van der Waals surface area contributed by atoms with E-state index in [0.717, 1.165) is 19.1 Å². The number of halogens is 3. The van der Waals surface area contributed by atoms with Gasteiger partial charge < -0.3 is 10.1 Å². The lowest BCUT2D eigenvalue weighted by molar-refractivity contribution is -0.385. The third-order valence-electron chi connectivity index (χ3n) is 4.08. The molecule has 0 bridgehead atoms. The number of non-ortho nitro benzene ring substituents is 1. The molecule has 0 fully saturated rings. The quantitative estimate of drug-likeness (QED) is 0.405. The fraction of sp³-hybridized carbons (Fsp3) is 0.222. The zero-order chi connectivity index (χ0) is 23.5. The summed E-state index contributed by atoms with van der Waals surface area (Å²) in [5.41, 5.74) is -3.86. The smallest absolute Gasteiger partial charge is 0.418 e. The summed E-state index contributed by atoms with van der Waals surface area (Å²) in [6.45, 7) is 2.46. The van der Waals surface area contributed by atoms with Gasteiger partial charge in [-0.25, -0.2) is 4.79 Å². The normalized spacial score (nSPS) is 12.0. The van der Waals surface area contributed by atoms with Crippen LogP contribution in [0.15, 0.2) is 36.4 Å². The fourth-order valence-corrected chi connectivity index (χ4v) is 2.57. The molecule has 1 N–H and O–H groups in total. The van der Waals surface area contributed by atoms with Crippen molar-refractivity contribution in [3.63, 3.8) is 0 Å². The Labute approximate surface area is 171 Å². The summed E-state index contributed by atoms with van der Waals surface area (Å²) in [6.07, 6.45) is -6.65. The summed E-state index contributed by atoms with van der Waals surface area (Å²) in [7, 11) is 0. The lowest BCUT2D eigenvalue weighted by Gasteiger charge is -2.17. The zero-order valence-electron chi connectivity index (χ0n) is 15.9. The van der Waals surface area contributed by atoms with Gasteiger partial charge in [0.25, 0.3) is 17.3 Å². The second kappa shape index (κ2) is 8.77. The second-order valence-corrected chi connectivity index (χ2v) is 6.25. The van der Waals surface area contributed by atoms with E-state index in [1.165, 1.54) is 19.1 Å². The van der Waals surface area contributed by atoms with E-state index in [2.05, 4.69) is 0 Å². The second-order valence-electron chi connectivity index (χ2n) is 6.25. The molecule has 2 aromatic rings. The van der Waals surface area contributed by atoms with Gasteiger partial charge in [-0.15, -0.1) is 0 Å². The highest BCUT2D eigenvalue weighted by molar-refractivity contribution is 6.00. The molecule has 0 aliphatic heterocycles. The first kappa shape index (κ1) is 23.3. The predicted molar refractivity (Wildman–Crippen MR) is 99.4 cm³/mol. The van der Waals surface area contributed by atoms with Crippen molar-refractivity contribution >= 4 is 28.9 Å². The van der Waals surface area contributed by atoms with Gasteiger partial charge in [0.1, 0.15) is 5.56 Å². The first-order valence-electron chi connectivity index (χ1n) is 8.44. The van der Waals surface area contributed by atoms with Crippen LogP contribution < -0.4 is 5.32 Å². The van der Waals surface area contributed by atoms with Crippen molar-refractivity contribution in [2.45, 2.75) is 26.1 Å². The fourth-order valence-electron chi connectivity index (χ4n) is 2.57. The Bertz CT molecular complexity index is 1070. The topological polar surface area (TPSA) is 142 Å². The number of nitrogens with one attached hydrogen (secondary N) is 1. The predicted octanol–water partition coefficient (Wildman–Crippen LogP) is 4.01.